The van der Waals surface area contributed by atoms with Crippen LogP contribution in [0.5, 0.6) is 17.2 Å². The topological polar surface area (TPSA) is 39.7 Å². The minimum atomic E-state index is -0.0566. The van der Waals surface area contributed by atoms with Crippen LogP contribution in [0.25, 0.3) is 0 Å². The zero-order valence-corrected chi connectivity index (χ0v) is 18.3. The molecular weight excluding hydrogens is 374 g/mol. The quantitative estimate of drug-likeness (QED) is 0.471. The van der Waals surface area contributed by atoms with E-state index in [4.69, 9.17) is 14.2 Å². The van der Waals surface area contributed by atoms with E-state index >= 15 is 0 Å². The fourth-order valence-electron chi connectivity index (χ4n) is 3.45. The van der Waals surface area contributed by atoms with Crippen LogP contribution in [0.3, 0.4) is 0 Å². The van der Waals surface area contributed by atoms with Crippen molar-refractivity contribution < 1.29 is 14.2 Å². The fourth-order valence-corrected chi connectivity index (χ4v) is 3.45. The molecule has 0 amide bonds. The number of nitrogens with one attached hydrogen (secondary N) is 1. The lowest BCUT2D eigenvalue weighted by Gasteiger charge is -2.26. The zero-order chi connectivity index (χ0) is 21.4. The molecule has 3 aromatic carbocycles. The lowest BCUT2D eigenvalue weighted by atomic mass is 9.78. The Morgan fingerprint density at radius 2 is 1.43 bits per heavy atom. The van der Waals surface area contributed by atoms with Crippen molar-refractivity contribution in [2.45, 2.75) is 25.8 Å². The molecule has 4 heteroatoms. The summed E-state index contributed by atoms with van der Waals surface area (Å²) in [5, 5.41) is 3.13. The van der Waals surface area contributed by atoms with Crippen LogP contribution in [-0.2, 0) is 12.0 Å². The smallest absolute Gasteiger partial charge is 0.161 e. The van der Waals surface area contributed by atoms with E-state index in [0.717, 1.165) is 29.4 Å². The van der Waals surface area contributed by atoms with Gasteiger partial charge in [0.05, 0.1) is 7.11 Å². The summed E-state index contributed by atoms with van der Waals surface area (Å²) >= 11 is 0. The molecule has 0 saturated heterocycles. The number of rotatable bonds is 10. The molecule has 0 aromatic heterocycles. The van der Waals surface area contributed by atoms with Crippen molar-refractivity contribution in [1.82, 2.24) is 5.32 Å². The van der Waals surface area contributed by atoms with Crippen LogP contribution < -0.4 is 19.5 Å². The Labute approximate surface area is 179 Å². The van der Waals surface area contributed by atoms with Gasteiger partial charge in [0.15, 0.2) is 11.5 Å². The molecule has 0 heterocycles. The predicted molar refractivity (Wildman–Crippen MR) is 122 cm³/mol. The molecule has 0 aliphatic rings. The summed E-state index contributed by atoms with van der Waals surface area (Å²) < 4.78 is 17.1. The van der Waals surface area contributed by atoms with Crippen LogP contribution in [0.1, 0.15) is 30.5 Å². The first kappa shape index (κ1) is 21.7. The minimum absolute atomic E-state index is 0.0566. The lowest BCUT2D eigenvalue weighted by molar-refractivity contribution is 0.211. The van der Waals surface area contributed by atoms with Crippen LogP contribution in [0.2, 0.25) is 0 Å². The van der Waals surface area contributed by atoms with Gasteiger partial charge in [-0.1, -0.05) is 62.4 Å². The summed E-state index contributed by atoms with van der Waals surface area (Å²) in [6.07, 6.45) is 0. The zero-order valence-electron chi connectivity index (χ0n) is 18.3. The SMILES string of the molecule is CNCc1ccc(OCCOc2ccc(C(C)(C)c3ccccc3)cc2)c(OC)c1. The third-order valence-corrected chi connectivity index (χ3v) is 5.29. The van der Waals surface area contributed by atoms with Crippen molar-refractivity contribution in [2.24, 2.45) is 0 Å². The fraction of sp³-hybridized carbons (Fsp3) is 0.308. The third-order valence-electron chi connectivity index (χ3n) is 5.29. The van der Waals surface area contributed by atoms with Crippen molar-refractivity contribution in [3.63, 3.8) is 0 Å². The van der Waals surface area contributed by atoms with Gasteiger partial charge in [0.25, 0.3) is 0 Å². The summed E-state index contributed by atoms with van der Waals surface area (Å²) in [7, 11) is 3.57. The van der Waals surface area contributed by atoms with Gasteiger partial charge < -0.3 is 19.5 Å². The van der Waals surface area contributed by atoms with E-state index in [1.165, 1.54) is 11.1 Å². The molecule has 0 aliphatic carbocycles. The second-order valence-corrected chi connectivity index (χ2v) is 7.73. The lowest BCUT2D eigenvalue weighted by Crippen LogP contribution is -2.18. The number of benzene rings is 3. The summed E-state index contributed by atoms with van der Waals surface area (Å²) in [5.41, 5.74) is 3.64. The maximum absolute atomic E-state index is 5.86. The van der Waals surface area contributed by atoms with Crippen LogP contribution in [0.4, 0.5) is 0 Å². The number of methoxy groups -OCH3 is 1. The summed E-state index contributed by atoms with van der Waals surface area (Å²) in [5.74, 6) is 2.29. The summed E-state index contributed by atoms with van der Waals surface area (Å²) in [4.78, 5) is 0. The van der Waals surface area contributed by atoms with Crippen molar-refractivity contribution in [1.29, 1.82) is 0 Å². The summed E-state index contributed by atoms with van der Waals surface area (Å²) in [6, 6.07) is 24.8. The Morgan fingerprint density at radius 1 is 0.767 bits per heavy atom. The molecule has 158 valence electrons. The average Bonchev–Trinajstić information content (AvgIpc) is 2.78. The Hall–Kier alpha value is -2.98. The van der Waals surface area contributed by atoms with Gasteiger partial charge in [-0.3, -0.25) is 0 Å². The minimum Gasteiger partial charge on any atom is -0.493 e. The van der Waals surface area contributed by atoms with Crippen LogP contribution in [0, 0.1) is 0 Å². The van der Waals surface area contributed by atoms with Gasteiger partial charge in [-0.25, -0.2) is 0 Å². The molecule has 30 heavy (non-hydrogen) atoms. The van der Waals surface area contributed by atoms with Crippen molar-refractivity contribution >= 4 is 0 Å². The molecule has 3 rings (SSSR count). The van der Waals surface area contributed by atoms with E-state index in [0.29, 0.717) is 13.2 Å². The van der Waals surface area contributed by atoms with E-state index in [1.807, 2.05) is 43.4 Å². The van der Waals surface area contributed by atoms with Crippen molar-refractivity contribution in [3.8, 4) is 17.2 Å². The maximum atomic E-state index is 5.86. The van der Waals surface area contributed by atoms with Gasteiger partial charge in [0.1, 0.15) is 19.0 Å². The van der Waals surface area contributed by atoms with Gasteiger partial charge in [0, 0.05) is 12.0 Å². The second kappa shape index (κ2) is 10.2. The molecule has 0 atom stereocenters. The standard InChI is InChI=1S/C26H31NO3/c1-26(2,21-8-6-5-7-9-21)22-11-13-23(14-12-22)29-16-17-30-24-15-10-20(19-27-3)18-25(24)28-4/h5-15,18,27H,16-17,19H2,1-4H3. The molecule has 0 unspecified atom stereocenters. The second-order valence-electron chi connectivity index (χ2n) is 7.73. The number of hydrogen-bond donors (Lipinski definition) is 1. The number of ether oxygens (including phenoxy) is 3. The van der Waals surface area contributed by atoms with E-state index < -0.39 is 0 Å². The predicted octanol–water partition coefficient (Wildman–Crippen LogP) is 5.20. The van der Waals surface area contributed by atoms with E-state index in [9.17, 15) is 0 Å². The van der Waals surface area contributed by atoms with Gasteiger partial charge in [-0.05, 0) is 48.0 Å². The molecule has 0 fully saturated rings. The Balaban J connectivity index is 1.54. The maximum Gasteiger partial charge on any atom is 0.161 e. The van der Waals surface area contributed by atoms with Crippen LogP contribution >= 0.6 is 0 Å². The van der Waals surface area contributed by atoms with Gasteiger partial charge >= 0.3 is 0 Å². The molecule has 0 bridgehead atoms. The van der Waals surface area contributed by atoms with Crippen molar-refractivity contribution in [3.05, 3.63) is 89.5 Å². The van der Waals surface area contributed by atoms with Crippen molar-refractivity contribution in [2.75, 3.05) is 27.4 Å². The molecule has 0 spiro atoms. The summed E-state index contributed by atoms with van der Waals surface area (Å²) in [6.45, 7) is 6.17. The highest BCUT2D eigenvalue weighted by Crippen LogP contribution is 2.32. The molecule has 1 N–H and O–H groups in total. The van der Waals surface area contributed by atoms with Gasteiger partial charge in [-0.15, -0.1) is 0 Å². The highest BCUT2D eigenvalue weighted by Gasteiger charge is 2.22. The first-order valence-corrected chi connectivity index (χ1v) is 10.3. The van der Waals surface area contributed by atoms with E-state index in [1.54, 1.807) is 7.11 Å². The first-order valence-electron chi connectivity index (χ1n) is 10.3. The van der Waals surface area contributed by atoms with Gasteiger partial charge in [0.2, 0.25) is 0 Å². The highest BCUT2D eigenvalue weighted by atomic mass is 16.5. The molecule has 0 radical (unpaired) electrons. The Morgan fingerprint density at radius 3 is 2.10 bits per heavy atom. The largest absolute Gasteiger partial charge is 0.493 e. The van der Waals surface area contributed by atoms with E-state index in [2.05, 4.69) is 55.6 Å². The molecule has 0 saturated carbocycles. The molecule has 0 aliphatic heterocycles. The van der Waals surface area contributed by atoms with E-state index in [-0.39, 0.29) is 5.41 Å². The number of hydrogen-bond acceptors (Lipinski definition) is 4. The third kappa shape index (κ3) is 5.33. The highest BCUT2D eigenvalue weighted by molar-refractivity contribution is 5.43. The first-order chi connectivity index (χ1) is 14.5. The monoisotopic (exact) mass is 405 g/mol. The Bertz CT molecular complexity index is 921. The molecule has 4 nitrogen and oxygen atoms in total. The molecule has 3 aromatic rings. The molecular formula is C26H31NO3. The van der Waals surface area contributed by atoms with Crippen LogP contribution in [0.15, 0.2) is 72.8 Å². The normalized spacial score (nSPS) is 11.2. The van der Waals surface area contributed by atoms with Crippen LogP contribution in [-0.4, -0.2) is 27.4 Å². The van der Waals surface area contributed by atoms with Gasteiger partial charge in [-0.2, -0.15) is 0 Å². The Kier molecular flexibility index (Phi) is 7.36. The average molecular weight is 406 g/mol.